The Labute approximate surface area is 107 Å². The van der Waals surface area contributed by atoms with Crippen LogP contribution in [0, 0.1) is 11.8 Å². The van der Waals surface area contributed by atoms with Crippen molar-refractivity contribution < 1.29 is 27.9 Å². The van der Waals surface area contributed by atoms with Gasteiger partial charge < -0.3 is 5.11 Å². The van der Waals surface area contributed by atoms with Crippen LogP contribution in [0.4, 0.5) is 13.2 Å². The van der Waals surface area contributed by atoms with E-state index in [4.69, 9.17) is 5.11 Å². The molecule has 0 aliphatic rings. The van der Waals surface area contributed by atoms with Crippen molar-refractivity contribution in [2.45, 2.75) is 12.6 Å². The third-order valence-electron chi connectivity index (χ3n) is 2.16. The topological polar surface area (TPSA) is 54.4 Å². The molecule has 0 saturated carbocycles. The van der Waals surface area contributed by atoms with E-state index in [0.29, 0.717) is 5.56 Å². The Morgan fingerprint density at radius 3 is 2.21 bits per heavy atom. The maximum absolute atomic E-state index is 12.0. The first-order chi connectivity index (χ1) is 8.84. The number of aliphatic hydroxyl groups is 1. The van der Waals surface area contributed by atoms with E-state index in [1.54, 1.807) is 0 Å². The van der Waals surface area contributed by atoms with Gasteiger partial charge in [0.05, 0.1) is 6.42 Å². The molecule has 19 heavy (non-hydrogen) atoms. The lowest BCUT2D eigenvalue weighted by atomic mass is 10.0. The molecule has 6 heteroatoms. The summed E-state index contributed by atoms with van der Waals surface area (Å²) >= 11 is 0. The molecule has 0 heterocycles. The van der Waals surface area contributed by atoms with Gasteiger partial charge in [0, 0.05) is 11.1 Å². The summed E-state index contributed by atoms with van der Waals surface area (Å²) in [6.45, 7) is -0.319. The third-order valence-corrected chi connectivity index (χ3v) is 2.16. The first-order valence-corrected chi connectivity index (χ1v) is 5.17. The quantitative estimate of drug-likeness (QED) is 0.517. The van der Waals surface area contributed by atoms with Gasteiger partial charge in [-0.2, -0.15) is 13.2 Å². The Bertz CT molecular complexity index is 533. The van der Waals surface area contributed by atoms with E-state index >= 15 is 0 Å². The SMILES string of the molecule is O=C(CC(=O)C(F)(F)F)c1ccc(C#CCO)cc1. The number of ketones is 2. The first-order valence-electron chi connectivity index (χ1n) is 5.17. The van der Waals surface area contributed by atoms with Crippen molar-refractivity contribution in [3.8, 4) is 11.8 Å². The highest BCUT2D eigenvalue weighted by molar-refractivity contribution is 6.09. The lowest BCUT2D eigenvalue weighted by Crippen LogP contribution is -2.25. The highest BCUT2D eigenvalue weighted by Crippen LogP contribution is 2.19. The summed E-state index contributed by atoms with van der Waals surface area (Å²) < 4.78 is 36.0. The highest BCUT2D eigenvalue weighted by atomic mass is 19.4. The second kappa shape index (κ2) is 6.16. The molecule has 1 rings (SSSR count). The molecular weight excluding hydrogens is 261 g/mol. The zero-order valence-electron chi connectivity index (χ0n) is 9.62. The number of hydrogen-bond acceptors (Lipinski definition) is 3. The van der Waals surface area contributed by atoms with E-state index in [1.807, 2.05) is 0 Å². The number of hydrogen-bond donors (Lipinski definition) is 1. The summed E-state index contributed by atoms with van der Waals surface area (Å²) in [5.74, 6) is 1.98. The molecule has 0 bridgehead atoms. The molecule has 0 spiro atoms. The van der Waals surface area contributed by atoms with Gasteiger partial charge in [-0.15, -0.1) is 0 Å². The lowest BCUT2D eigenvalue weighted by Gasteiger charge is -2.04. The molecule has 1 aromatic rings. The number of carbonyl (C=O) groups excluding carboxylic acids is 2. The summed E-state index contributed by atoms with van der Waals surface area (Å²) in [5, 5.41) is 8.47. The monoisotopic (exact) mass is 270 g/mol. The molecule has 0 radical (unpaired) electrons. The van der Waals surface area contributed by atoms with Crippen LogP contribution >= 0.6 is 0 Å². The van der Waals surface area contributed by atoms with E-state index in [9.17, 15) is 22.8 Å². The van der Waals surface area contributed by atoms with Crippen LogP contribution in [-0.2, 0) is 4.79 Å². The molecule has 0 unspecified atom stereocenters. The average Bonchev–Trinajstić information content (AvgIpc) is 2.35. The minimum absolute atomic E-state index is 0.00662. The van der Waals surface area contributed by atoms with Gasteiger partial charge in [0.15, 0.2) is 5.78 Å². The smallest absolute Gasteiger partial charge is 0.384 e. The van der Waals surface area contributed by atoms with Crippen LogP contribution in [0.1, 0.15) is 22.3 Å². The number of carbonyl (C=O) groups is 2. The zero-order valence-corrected chi connectivity index (χ0v) is 9.62. The molecule has 0 saturated heterocycles. The molecule has 1 aromatic carbocycles. The minimum Gasteiger partial charge on any atom is -0.384 e. The number of aliphatic hydroxyl groups excluding tert-OH is 1. The largest absolute Gasteiger partial charge is 0.450 e. The second-order valence-corrected chi connectivity index (χ2v) is 3.56. The van der Waals surface area contributed by atoms with Crippen molar-refractivity contribution in [3.05, 3.63) is 35.4 Å². The molecule has 3 nitrogen and oxygen atoms in total. The van der Waals surface area contributed by atoms with Gasteiger partial charge in [0.2, 0.25) is 5.78 Å². The van der Waals surface area contributed by atoms with Gasteiger partial charge in [0.1, 0.15) is 6.61 Å². The van der Waals surface area contributed by atoms with Gasteiger partial charge in [-0.1, -0.05) is 24.0 Å². The maximum atomic E-state index is 12.0. The molecule has 1 N–H and O–H groups in total. The average molecular weight is 270 g/mol. The van der Waals surface area contributed by atoms with E-state index in [0.717, 1.165) is 0 Å². The maximum Gasteiger partial charge on any atom is 0.450 e. The fourth-order valence-electron chi connectivity index (χ4n) is 1.23. The van der Waals surface area contributed by atoms with Gasteiger partial charge in [0.25, 0.3) is 0 Å². The lowest BCUT2D eigenvalue weighted by molar-refractivity contribution is -0.170. The van der Waals surface area contributed by atoms with Crippen LogP contribution in [0.25, 0.3) is 0 Å². The molecule has 0 amide bonds. The molecule has 0 aliphatic heterocycles. The van der Waals surface area contributed by atoms with Crippen LogP contribution in [0.3, 0.4) is 0 Å². The van der Waals surface area contributed by atoms with E-state index < -0.39 is 24.2 Å². The number of halogens is 3. The van der Waals surface area contributed by atoms with Crippen molar-refractivity contribution in [2.75, 3.05) is 6.61 Å². The fourth-order valence-corrected chi connectivity index (χ4v) is 1.23. The Morgan fingerprint density at radius 1 is 1.16 bits per heavy atom. The number of alkyl halides is 3. The number of benzene rings is 1. The molecule has 0 aromatic heterocycles. The highest BCUT2D eigenvalue weighted by Gasteiger charge is 2.39. The molecular formula is C13H9F3O3. The zero-order chi connectivity index (χ0) is 14.5. The third kappa shape index (κ3) is 4.56. The van der Waals surface area contributed by atoms with Crippen molar-refractivity contribution in [1.29, 1.82) is 0 Å². The second-order valence-electron chi connectivity index (χ2n) is 3.56. The van der Waals surface area contributed by atoms with Gasteiger partial charge >= 0.3 is 6.18 Å². The summed E-state index contributed by atoms with van der Waals surface area (Å²) in [6.07, 6.45) is -6.20. The predicted molar refractivity (Wildman–Crippen MR) is 60.4 cm³/mol. The van der Waals surface area contributed by atoms with Crippen molar-refractivity contribution >= 4 is 11.6 Å². The first kappa shape index (κ1) is 14.9. The van der Waals surface area contributed by atoms with E-state index in [-0.39, 0.29) is 12.2 Å². The standard InChI is InChI=1S/C13H9F3O3/c14-13(15,16)12(19)8-11(18)10-5-3-9(4-6-10)2-1-7-17/h3-6,17H,7-8H2. The van der Waals surface area contributed by atoms with Gasteiger partial charge in [-0.25, -0.2) is 0 Å². The van der Waals surface area contributed by atoms with Crippen LogP contribution in [0.5, 0.6) is 0 Å². The molecule has 0 aliphatic carbocycles. The van der Waals surface area contributed by atoms with Crippen LogP contribution in [0.2, 0.25) is 0 Å². The van der Waals surface area contributed by atoms with Crippen LogP contribution in [0.15, 0.2) is 24.3 Å². The van der Waals surface area contributed by atoms with Gasteiger partial charge in [-0.05, 0) is 12.1 Å². The summed E-state index contributed by atoms with van der Waals surface area (Å²) in [6, 6.07) is 5.42. The van der Waals surface area contributed by atoms with Gasteiger partial charge in [-0.3, -0.25) is 9.59 Å². The summed E-state index contributed by atoms with van der Waals surface area (Å²) in [4.78, 5) is 22.1. The van der Waals surface area contributed by atoms with Crippen molar-refractivity contribution in [3.63, 3.8) is 0 Å². The fraction of sp³-hybridized carbons (Fsp3) is 0.231. The van der Waals surface area contributed by atoms with Crippen LogP contribution < -0.4 is 0 Å². The van der Waals surface area contributed by atoms with Crippen molar-refractivity contribution in [2.24, 2.45) is 0 Å². The Morgan fingerprint density at radius 2 is 1.74 bits per heavy atom. The van der Waals surface area contributed by atoms with Crippen molar-refractivity contribution in [1.82, 2.24) is 0 Å². The normalized spacial score (nSPS) is 10.5. The van der Waals surface area contributed by atoms with E-state index in [2.05, 4.69) is 11.8 Å². The molecule has 100 valence electrons. The Kier molecular flexibility index (Phi) is 4.84. The number of rotatable bonds is 3. The van der Waals surface area contributed by atoms with Crippen LogP contribution in [-0.4, -0.2) is 29.5 Å². The predicted octanol–water partition coefficient (Wildman–Crippen LogP) is 1.73. The Hall–Kier alpha value is -2.13. The molecule has 0 atom stereocenters. The summed E-state index contributed by atoms with van der Waals surface area (Å²) in [5.41, 5.74) is 0.514. The molecule has 0 fully saturated rings. The summed E-state index contributed by atoms with van der Waals surface area (Å²) in [7, 11) is 0. The Balaban J connectivity index is 2.76. The van der Waals surface area contributed by atoms with E-state index in [1.165, 1.54) is 24.3 Å². The minimum atomic E-state index is -5.00. The number of Topliss-reactive ketones (excluding diaryl/α,β-unsaturated/α-hetero) is 2.